The predicted octanol–water partition coefficient (Wildman–Crippen LogP) is 2.98. The van der Waals surface area contributed by atoms with Crippen molar-refractivity contribution in [2.24, 2.45) is 5.92 Å². The molecule has 0 radical (unpaired) electrons. The molecule has 0 aliphatic carbocycles. The van der Waals surface area contributed by atoms with Crippen molar-refractivity contribution in [3.05, 3.63) is 48.0 Å². The average Bonchev–Trinajstić information content (AvgIpc) is 2.43. The highest BCUT2D eigenvalue weighted by molar-refractivity contribution is 5.98. The molecule has 106 valence electrons. The summed E-state index contributed by atoms with van der Waals surface area (Å²) in [4.78, 5) is 12.1. The van der Waals surface area contributed by atoms with Crippen LogP contribution in [0.25, 0.3) is 10.8 Å². The Morgan fingerprint density at radius 2 is 1.85 bits per heavy atom. The first-order valence-electron chi connectivity index (χ1n) is 7.01. The van der Waals surface area contributed by atoms with Crippen molar-refractivity contribution in [1.29, 1.82) is 0 Å². The van der Waals surface area contributed by atoms with E-state index in [4.69, 9.17) is 0 Å². The molecule has 0 saturated carbocycles. The Balaban J connectivity index is 2.00. The van der Waals surface area contributed by atoms with E-state index in [2.05, 4.69) is 5.32 Å². The number of fused-ring (bicyclic) bond motifs is 1. The van der Waals surface area contributed by atoms with Gasteiger partial charge in [0.15, 0.2) is 0 Å². The van der Waals surface area contributed by atoms with Crippen molar-refractivity contribution in [3.8, 4) is 0 Å². The van der Waals surface area contributed by atoms with Gasteiger partial charge in [-0.05, 0) is 42.2 Å². The zero-order valence-electron chi connectivity index (χ0n) is 12.0. The highest BCUT2D eigenvalue weighted by Gasteiger charge is 2.10. The summed E-state index contributed by atoms with van der Waals surface area (Å²) in [6.45, 7) is 4.37. The fourth-order valence-electron chi connectivity index (χ4n) is 2.37. The molecule has 0 bridgehead atoms. The molecule has 0 aliphatic heterocycles. The van der Waals surface area contributed by atoms with Crippen molar-refractivity contribution in [1.82, 2.24) is 5.32 Å². The second kappa shape index (κ2) is 6.53. The van der Waals surface area contributed by atoms with Gasteiger partial charge in [-0.1, -0.05) is 37.3 Å². The molecule has 2 N–H and O–H groups in total. The fraction of sp³-hybridized carbons (Fsp3) is 0.353. The minimum absolute atomic E-state index is 0.0619. The number of aliphatic hydroxyl groups is 1. The second-order valence-electron chi connectivity index (χ2n) is 5.46. The van der Waals surface area contributed by atoms with Gasteiger partial charge < -0.3 is 10.4 Å². The van der Waals surface area contributed by atoms with Gasteiger partial charge in [0, 0.05) is 12.1 Å². The number of rotatable bonds is 5. The zero-order valence-corrected chi connectivity index (χ0v) is 12.0. The molecular weight excluding hydrogens is 250 g/mol. The first kappa shape index (κ1) is 14.5. The van der Waals surface area contributed by atoms with Gasteiger partial charge in [0.05, 0.1) is 6.10 Å². The van der Waals surface area contributed by atoms with Crippen LogP contribution in [0.3, 0.4) is 0 Å². The largest absolute Gasteiger partial charge is 0.393 e. The lowest BCUT2D eigenvalue weighted by molar-refractivity contribution is 0.0939. The molecule has 3 heteroatoms. The molecule has 20 heavy (non-hydrogen) atoms. The SMILES string of the molecule is CC(O)CC(C)CNC(=O)c1ccc2ccccc2c1. The molecule has 0 heterocycles. The lowest BCUT2D eigenvalue weighted by Crippen LogP contribution is -2.29. The molecule has 0 aromatic heterocycles. The number of aliphatic hydroxyl groups excluding tert-OH is 1. The number of nitrogens with one attached hydrogen (secondary N) is 1. The van der Waals surface area contributed by atoms with Gasteiger partial charge in [-0.3, -0.25) is 4.79 Å². The van der Waals surface area contributed by atoms with E-state index in [0.717, 1.165) is 10.8 Å². The number of hydrogen-bond acceptors (Lipinski definition) is 2. The van der Waals surface area contributed by atoms with Crippen molar-refractivity contribution < 1.29 is 9.90 Å². The molecule has 0 fully saturated rings. The Kier molecular flexibility index (Phi) is 4.74. The Morgan fingerprint density at radius 1 is 1.15 bits per heavy atom. The predicted molar refractivity (Wildman–Crippen MR) is 81.7 cm³/mol. The molecule has 3 nitrogen and oxygen atoms in total. The van der Waals surface area contributed by atoms with Crippen LogP contribution in [0.4, 0.5) is 0 Å². The summed E-state index contributed by atoms with van der Waals surface area (Å²) in [5, 5.41) is 14.4. The molecule has 2 aromatic carbocycles. The lowest BCUT2D eigenvalue weighted by atomic mass is 10.0. The summed E-state index contributed by atoms with van der Waals surface area (Å²) in [7, 11) is 0. The van der Waals surface area contributed by atoms with Crippen LogP contribution in [0.5, 0.6) is 0 Å². The van der Waals surface area contributed by atoms with E-state index < -0.39 is 0 Å². The minimum atomic E-state index is -0.331. The maximum Gasteiger partial charge on any atom is 0.251 e. The average molecular weight is 271 g/mol. The first-order chi connectivity index (χ1) is 9.56. The van der Waals surface area contributed by atoms with Gasteiger partial charge in [0.25, 0.3) is 5.91 Å². The molecular formula is C17H21NO2. The number of carbonyl (C=O) groups excluding carboxylic acids is 1. The standard InChI is InChI=1S/C17H21NO2/c1-12(9-13(2)19)11-18-17(20)16-8-7-14-5-3-4-6-15(14)10-16/h3-8,10,12-13,19H,9,11H2,1-2H3,(H,18,20). The summed E-state index contributed by atoms with van der Waals surface area (Å²) in [5.74, 6) is 0.201. The summed E-state index contributed by atoms with van der Waals surface area (Å²) in [5.41, 5.74) is 0.674. The van der Waals surface area contributed by atoms with Gasteiger partial charge >= 0.3 is 0 Å². The number of carbonyl (C=O) groups is 1. The van der Waals surface area contributed by atoms with Crippen molar-refractivity contribution in [3.63, 3.8) is 0 Å². The van der Waals surface area contributed by atoms with Crippen molar-refractivity contribution >= 4 is 16.7 Å². The van der Waals surface area contributed by atoms with E-state index in [1.807, 2.05) is 49.4 Å². The Labute approximate surface area is 119 Å². The number of benzene rings is 2. The van der Waals surface area contributed by atoms with Crippen LogP contribution < -0.4 is 5.32 Å². The Bertz CT molecular complexity index is 592. The Hall–Kier alpha value is -1.87. The van der Waals surface area contributed by atoms with E-state index in [1.165, 1.54) is 0 Å². The van der Waals surface area contributed by atoms with E-state index in [1.54, 1.807) is 6.92 Å². The number of hydrogen-bond donors (Lipinski definition) is 2. The van der Waals surface area contributed by atoms with Crippen molar-refractivity contribution in [2.45, 2.75) is 26.4 Å². The van der Waals surface area contributed by atoms with Gasteiger partial charge in [-0.25, -0.2) is 0 Å². The molecule has 2 unspecified atom stereocenters. The summed E-state index contributed by atoms with van der Waals surface area (Å²) < 4.78 is 0. The zero-order chi connectivity index (χ0) is 14.5. The van der Waals surface area contributed by atoms with Crippen LogP contribution in [0.15, 0.2) is 42.5 Å². The maximum atomic E-state index is 12.1. The highest BCUT2D eigenvalue weighted by atomic mass is 16.3. The maximum absolute atomic E-state index is 12.1. The van der Waals surface area contributed by atoms with Gasteiger partial charge in [0.2, 0.25) is 0 Å². The smallest absolute Gasteiger partial charge is 0.251 e. The third-order valence-corrected chi connectivity index (χ3v) is 3.37. The van der Waals surface area contributed by atoms with Crippen LogP contribution in [0, 0.1) is 5.92 Å². The lowest BCUT2D eigenvalue weighted by Gasteiger charge is -2.14. The molecule has 1 amide bonds. The molecule has 2 rings (SSSR count). The van der Waals surface area contributed by atoms with Gasteiger partial charge in [0.1, 0.15) is 0 Å². The van der Waals surface area contributed by atoms with Crippen molar-refractivity contribution in [2.75, 3.05) is 6.54 Å². The topological polar surface area (TPSA) is 49.3 Å². The van der Waals surface area contributed by atoms with Crippen LogP contribution >= 0.6 is 0 Å². The highest BCUT2D eigenvalue weighted by Crippen LogP contribution is 2.15. The molecule has 2 atom stereocenters. The third-order valence-electron chi connectivity index (χ3n) is 3.37. The van der Waals surface area contributed by atoms with Crippen LogP contribution in [0.1, 0.15) is 30.6 Å². The molecule has 2 aromatic rings. The molecule has 0 aliphatic rings. The Morgan fingerprint density at radius 3 is 2.55 bits per heavy atom. The third kappa shape index (κ3) is 3.81. The van der Waals surface area contributed by atoms with E-state index in [0.29, 0.717) is 18.5 Å². The molecule has 0 spiro atoms. The fourth-order valence-corrected chi connectivity index (χ4v) is 2.37. The summed E-state index contributed by atoms with van der Waals surface area (Å²) >= 11 is 0. The summed E-state index contributed by atoms with van der Waals surface area (Å²) in [6.07, 6.45) is 0.362. The van der Waals surface area contributed by atoms with Crippen LogP contribution in [-0.2, 0) is 0 Å². The summed E-state index contributed by atoms with van der Waals surface area (Å²) in [6, 6.07) is 13.7. The van der Waals surface area contributed by atoms with Gasteiger partial charge in [-0.2, -0.15) is 0 Å². The van der Waals surface area contributed by atoms with E-state index in [-0.39, 0.29) is 17.9 Å². The monoisotopic (exact) mass is 271 g/mol. The second-order valence-corrected chi connectivity index (χ2v) is 5.46. The number of amides is 1. The normalized spacial score (nSPS) is 13.9. The quantitative estimate of drug-likeness (QED) is 0.878. The molecule has 0 saturated heterocycles. The van der Waals surface area contributed by atoms with E-state index in [9.17, 15) is 9.90 Å². The van der Waals surface area contributed by atoms with Gasteiger partial charge in [-0.15, -0.1) is 0 Å². The minimum Gasteiger partial charge on any atom is -0.393 e. The van der Waals surface area contributed by atoms with Crippen LogP contribution in [0.2, 0.25) is 0 Å². The van der Waals surface area contributed by atoms with E-state index >= 15 is 0 Å². The first-order valence-corrected chi connectivity index (χ1v) is 7.01. The van der Waals surface area contributed by atoms with Crippen LogP contribution in [-0.4, -0.2) is 23.7 Å².